The van der Waals surface area contributed by atoms with Crippen molar-refractivity contribution in [3.8, 4) is 5.75 Å². The molecule has 0 saturated heterocycles. The lowest BCUT2D eigenvalue weighted by atomic mass is 10.1. The maximum Gasteiger partial charge on any atom is 0.244 e. The van der Waals surface area contributed by atoms with E-state index in [1.165, 1.54) is 18.1 Å². The number of carbonyl (C=O) groups is 2. The first-order chi connectivity index (χ1) is 17.5. The third-order valence-electron chi connectivity index (χ3n) is 6.44. The number of amides is 2. The number of halogens is 2. The van der Waals surface area contributed by atoms with E-state index in [9.17, 15) is 22.4 Å². The second kappa shape index (κ2) is 12.6. The van der Waals surface area contributed by atoms with Crippen molar-refractivity contribution >= 4 is 39.1 Å². The summed E-state index contributed by atoms with van der Waals surface area (Å²) in [6.07, 6.45) is 5.14. The van der Waals surface area contributed by atoms with E-state index >= 15 is 0 Å². The number of benzene rings is 2. The number of nitrogens with zero attached hydrogens (tertiary/aromatic N) is 2. The van der Waals surface area contributed by atoms with Gasteiger partial charge in [-0.3, -0.25) is 13.9 Å². The number of anilines is 1. The molecule has 0 heterocycles. The molecule has 0 aliphatic heterocycles. The molecule has 2 aromatic rings. The Morgan fingerprint density at radius 3 is 2.49 bits per heavy atom. The Hall–Kier alpha value is -2.85. The van der Waals surface area contributed by atoms with Gasteiger partial charge in [0.15, 0.2) is 0 Å². The van der Waals surface area contributed by atoms with Crippen LogP contribution in [0.5, 0.6) is 5.75 Å². The van der Waals surface area contributed by atoms with Crippen LogP contribution in [0.1, 0.15) is 44.6 Å². The zero-order valence-electron chi connectivity index (χ0n) is 21.2. The summed E-state index contributed by atoms with van der Waals surface area (Å²) in [6, 6.07) is 9.78. The zero-order chi connectivity index (χ0) is 27.2. The van der Waals surface area contributed by atoms with E-state index in [-0.39, 0.29) is 29.2 Å². The minimum absolute atomic E-state index is 0.0482. The Morgan fingerprint density at radius 1 is 1.19 bits per heavy atom. The van der Waals surface area contributed by atoms with Crippen LogP contribution in [0.3, 0.4) is 0 Å². The molecule has 2 amide bonds. The van der Waals surface area contributed by atoms with Gasteiger partial charge in [0.25, 0.3) is 0 Å². The molecule has 1 unspecified atom stereocenters. The van der Waals surface area contributed by atoms with E-state index in [0.29, 0.717) is 12.2 Å². The van der Waals surface area contributed by atoms with Crippen molar-refractivity contribution in [2.45, 2.75) is 57.7 Å². The minimum Gasteiger partial charge on any atom is -0.497 e. The van der Waals surface area contributed by atoms with Crippen LogP contribution < -0.4 is 14.4 Å². The summed E-state index contributed by atoms with van der Waals surface area (Å²) in [6.45, 7) is 1.28. The number of hydrogen-bond acceptors (Lipinski definition) is 5. The van der Waals surface area contributed by atoms with Crippen LogP contribution in [0.15, 0.2) is 42.5 Å². The number of methoxy groups -OCH3 is 1. The average molecular weight is 554 g/mol. The minimum atomic E-state index is -3.95. The molecule has 1 atom stereocenters. The molecule has 1 saturated carbocycles. The van der Waals surface area contributed by atoms with Gasteiger partial charge < -0.3 is 15.0 Å². The average Bonchev–Trinajstić information content (AvgIpc) is 3.36. The largest absolute Gasteiger partial charge is 0.497 e. The zero-order valence-corrected chi connectivity index (χ0v) is 22.8. The van der Waals surface area contributed by atoms with Crippen LogP contribution in [-0.2, 0) is 26.2 Å². The highest BCUT2D eigenvalue weighted by Gasteiger charge is 2.33. The van der Waals surface area contributed by atoms with Crippen LogP contribution in [0.2, 0.25) is 5.02 Å². The fourth-order valence-electron chi connectivity index (χ4n) is 4.51. The van der Waals surface area contributed by atoms with Crippen molar-refractivity contribution in [2.75, 3.05) is 24.2 Å². The van der Waals surface area contributed by atoms with Crippen LogP contribution in [0.4, 0.5) is 10.1 Å². The van der Waals surface area contributed by atoms with Crippen LogP contribution >= 0.6 is 11.6 Å². The van der Waals surface area contributed by atoms with E-state index in [1.807, 2.05) is 0 Å². The second-order valence-electron chi connectivity index (χ2n) is 9.16. The van der Waals surface area contributed by atoms with Gasteiger partial charge in [-0.25, -0.2) is 12.8 Å². The second-order valence-corrected chi connectivity index (χ2v) is 11.5. The number of hydrogen-bond donors (Lipinski definition) is 1. The molecular weight excluding hydrogens is 521 g/mol. The van der Waals surface area contributed by atoms with E-state index < -0.39 is 34.3 Å². The lowest BCUT2D eigenvalue weighted by molar-refractivity contribution is -0.140. The molecule has 0 radical (unpaired) electrons. The highest BCUT2D eigenvalue weighted by molar-refractivity contribution is 7.92. The predicted octanol–water partition coefficient (Wildman–Crippen LogP) is 4.12. The third kappa shape index (κ3) is 7.58. The summed E-state index contributed by atoms with van der Waals surface area (Å²) < 4.78 is 45.2. The molecule has 202 valence electrons. The molecule has 0 aromatic heterocycles. The molecular formula is C26H33ClFN3O5S. The summed E-state index contributed by atoms with van der Waals surface area (Å²) in [5, 5.41) is 2.78. The van der Waals surface area contributed by atoms with Crippen molar-refractivity contribution < 1.29 is 27.1 Å². The summed E-state index contributed by atoms with van der Waals surface area (Å²) >= 11 is 5.88. The lowest BCUT2D eigenvalue weighted by Crippen LogP contribution is -2.53. The SMILES string of the molecule is CCC(C(=O)NC1CCCC1)N(Cc1cccc(OC)c1)C(=O)CN(c1ccc(F)c(Cl)c1)S(C)(=O)=O. The molecule has 1 aliphatic carbocycles. The molecule has 1 aliphatic rings. The first-order valence-corrected chi connectivity index (χ1v) is 14.4. The van der Waals surface area contributed by atoms with E-state index in [1.54, 1.807) is 31.2 Å². The topological polar surface area (TPSA) is 96.0 Å². The van der Waals surface area contributed by atoms with Crippen molar-refractivity contribution in [1.82, 2.24) is 10.2 Å². The van der Waals surface area contributed by atoms with Crippen molar-refractivity contribution in [2.24, 2.45) is 0 Å². The van der Waals surface area contributed by atoms with Gasteiger partial charge in [0.05, 0.1) is 24.1 Å². The maximum atomic E-state index is 13.7. The van der Waals surface area contributed by atoms with Crippen molar-refractivity contribution in [1.29, 1.82) is 0 Å². The summed E-state index contributed by atoms with van der Waals surface area (Å²) in [4.78, 5) is 28.4. The van der Waals surface area contributed by atoms with Crippen molar-refractivity contribution in [3.05, 3.63) is 58.9 Å². The molecule has 1 fully saturated rings. The van der Waals surface area contributed by atoms with Gasteiger partial charge in [-0.2, -0.15) is 0 Å². The summed E-state index contributed by atoms with van der Waals surface area (Å²) in [5.74, 6) is -0.977. The van der Waals surface area contributed by atoms with Crippen LogP contribution in [-0.4, -0.2) is 57.1 Å². The van der Waals surface area contributed by atoms with E-state index in [4.69, 9.17) is 16.3 Å². The number of rotatable bonds is 11. The highest BCUT2D eigenvalue weighted by atomic mass is 35.5. The lowest BCUT2D eigenvalue weighted by Gasteiger charge is -2.33. The highest BCUT2D eigenvalue weighted by Crippen LogP contribution is 2.26. The van der Waals surface area contributed by atoms with E-state index in [2.05, 4.69) is 5.32 Å². The number of nitrogens with one attached hydrogen (secondary N) is 1. The van der Waals surface area contributed by atoms with Gasteiger partial charge in [0.1, 0.15) is 24.2 Å². The molecule has 0 bridgehead atoms. The predicted molar refractivity (Wildman–Crippen MR) is 142 cm³/mol. The molecule has 3 rings (SSSR count). The molecule has 2 aromatic carbocycles. The number of sulfonamides is 1. The molecule has 8 nitrogen and oxygen atoms in total. The Morgan fingerprint density at radius 2 is 1.89 bits per heavy atom. The molecule has 11 heteroatoms. The molecule has 1 N–H and O–H groups in total. The van der Waals surface area contributed by atoms with Crippen molar-refractivity contribution in [3.63, 3.8) is 0 Å². The Labute approximate surface area is 222 Å². The van der Waals surface area contributed by atoms with Gasteiger partial charge >= 0.3 is 0 Å². The Bertz CT molecular complexity index is 1220. The van der Waals surface area contributed by atoms with Gasteiger partial charge in [-0.15, -0.1) is 0 Å². The van der Waals surface area contributed by atoms with Crippen LogP contribution in [0.25, 0.3) is 0 Å². The van der Waals surface area contributed by atoms with E-state index in [0.717, 1.165) is 53.9 Å². The van der Waals surface area contributed by atoms with Gasteiger partial charge in [-0.05, 0) is 55.2 Å². The Balaban J connectivity index is 1.94. The quantitative estimate of drug-likeness (QED) is 0.451. The summed E-state index contributed by atoms with van der Waals surface area (Å²) in [5.41, 5.74) is 0.766. The normalized spacial score (nSPS) is 14.7. The standard InChI is InChI=1S/C26H33ClFN3O5S/c1-4-24(26(33)29-19-9-5-6-10-19)30(16-18-8-7-11-21(14-18)36-2)25(32)17-31(37(3,34)35)20-12-13-23(28)22(27)15-20/h7-8,11-15,19,24H,4-6,9-10,16-17H2,1-3H3,(H,29,33). The molecule has 37 heavy (non-hydrogen) atoms. The fourth-order valence-corrected chi connectivity index (χ4v) is 5.52. The monoisotopic (exact) mass is 553 g/mol. The molecule has 0 spiro atoms. The summed E-state index contributed by atoms with van der Waals surface area (Å²) in [7, 11) is -2.42. The smallest absolute Gasteiger partial charge is 0.244 e. The van der Waals surface area contributed by atoms with Gasteiger partial charge in [0.2, 0.25) is 21.8 Å². The number of ether oxygens (including phenoxy) is 1. The van der Waals surface area contributed by atoms with Gasteiger partial charge in [-0.1, -0.05) is 43.5 Å². The first kappa shape index (κ1) is 28.7. The first-order valence-electron chi connectivity index (χ1n) is 12.2. The number of carbonyl (C=O) groups excluding carboxylic acids is 2. The maximum absolute atomic E-state index is 13.7. The van der Waals surface area contributed by atoms with Gasteiger partial charge in [0, 0.05) is 12.6 Å². The Kier molecular flexibility index (Phi) is 9.78. The third-order valence-corrected chi connectivity index (χ3v) is 7.88. The fraction of sp³-hybridized carbons (Fsp3) is 0.462. The van der Waals surface area contributed by atoms with Crippen LogP contribution in [0, 0.1) is 5.82 Å².